The lowest BCUT2D eigenvalue weighted by molar-refractivity contribution is -0.144. The van der Waals surface area contributed by atoms with Crippen LogP contribution in [0.3, 0.4) is 0 Å². The van der Waals surface area contributed by atoms with E-state index < -0.39 is 18.0 Å². The number of aliphatic carboxylic acids is 2. The SMILES string of the molecule is O=C(O)Cn1cc([C@H](C(=O)O)N2CCN(Cc3ccncc3)CC2)c2ccc(Cl)cc21. The van der Waals surface area contributed by atoms with E-state index in [0.29, 0.717) is 34.6 Å². The number of carbonyl (C=O) groups is 2. The quantitative estimate of drug-likeness (QED) is 0.580. The molecule has 4 rings (SSSR count). The molecule has 1 aliphatic heterocycles. The summed E-state index contributed by atoms with van der Waals surface area (Å²) in [6.45, 7) is 3.22. The first kappa shape index (κ1) is 21.3. The number of piperazine rings is 1. The molecular formula is C22H23ClN4O4. The van der Waals surface area contributed by atoms with Gasteiger partial charge in [0.25, 0.3) is 0 Å². The number of rotatable bonds is 7. The molecule has 1 atom stereocenters. The molecule has 2 aromatic heterocycles. The lowest BCUT2D eigenvalue weighted by atomic mass is 10.0. The minimum atomic E-state index is -1.000. The van der Waals surface area contributed by atoms with Crippen LogP contribution in [0.1, 0.15) is 17.2 Å². The standard InChI is InChI=1S/C22H23ClN4O4/c23-16-1-2-17-18(13-27(14-20(28)29)19(17)11-16)21(22(30)31)26-9-7-25(8-10-26)12-15-3-5-24-6-4-15/h1-6,11,13,21H,7-10,12,14H2,(H,28,29)(H,30,31)/t21-/m1/s1. The fourth-order valence-corrected chi connectivity index (χ4v) is 4.37. The third kappa shape index (κ3) is 4.71. The normalized spacial score (nSPS) is 16.4. The van der Waals surface area contributed by atoms with Crippen LogP contribution < -0.4 is 0 Å². The first-order chi connectivity index (χ1) is 14.9. The van der Waals surface area contributed by atoms with E-state index in [9.17, 15) is 19.8 Å². The summed E-state index contributed by atoms with van der Waals surface area (Å²) < 4.78 is 1.55. The van der Waals surface area contributed by atoms with Gasteiger partial charge in [-0.1, -0.05) is 17.7 Å². The van der Waals surface area contributed by atoms with Crippen LogP contribution in [0.4, 0.5) is 0 Å². The van der Waals surface area contributed by atoms with Gasteiger partial charge in [-0.3, -0.25) is 24.4 Å². The topological polar surface area (TPSA) is 98.9 Å². The summed E-state index contributed by atoms with van der Waals surface area (Å²) in [6.07, 6.45) is 5.17. The molecule has 0 aliphatic carbocycles. The summed E-state index contributed by atoms with van der Waals surface area (Å²) in [7, 11) is 0. The smallest absolute Gasteiger partial charge is 0.325 e. The average molecular weight is 443 g/mol. The molecule has 1 aliphatic rings. The van der Waals surface area contributed by atoms with E-state index in [1.807, 2.05) is 17.0 Å². The Morgan fingerprint density at radius 3 is 2.42 bits per heavy atom. The van der Waals surface area contributed by atoms with Crippen LogP contribution in [-0.4, -0.2) is 67.7 Å². The van der Waals surface area contributed by atoms with Crippen LogP contribution >= 0.6 is 11.6 Å². The van der Waals surface area contributed by atoms with Crippen LogP contribution in [0.15, 0.2) is 48.9 Å². The number of carboxylic acid groups (broad SMARTS) is 2. The molecule has 162 valence electrons. The number of hydrogen-bond donors (Lipinski definition) is 2. The molecule has 0 bridgehead atoms. The summed E-state index contributed by atoms with van der Waals surface area (Å²) in [5.74, 6) is -1.95. The maximum atomic E-state index is 12.3. The largest absolute Gasteiger partial charge is 0.480 e. The predicted molar refractivity (Wildman–Crippen MR) is 116 cm³/mol. The summed E-state index contributed by atoms with van der Waals surface area (Å²) in [6, 6.07) is 8.24. The van der Waals surface area contributed by atoms with Gasteiger partial charge in [0.05, 0.1) is 5.52 Å². The summed E-state index contributed by atoms with van der Waals surface area (Å²) in [5.41, 5.74) is 2.38. The van der Waals surface area contributed by atoms with Crippen LogP contribution in [-0.2, 0) is 22.7 Å². The van der Waals surface area contributed by atoms with Gasteiger partial charge >= 0.3 is 11.9 Å². The number of pyridine rings is 1. The molecule has 3 heterocycles. The van der Waals surface area contributed by atoms with Gasteiger partial charge in [-0.05, 0) is 29.8 Å². The Bertz CT molecular complexity index is 1090. The van der Waals surface area contributed by atoms with Crippen LogP contribution in [0.25, 0.3) is 10.9 Å². The number of halogens is 1. The van der Waals surface area contributed by atoms with Crippen molar-refractivity contribution in [1.82, 2.24) is 19.4 Å². The molecule has 0 unspecified atom stereocenters. The summed E-state index contributed by atoms with van der Waals surface area (Å²) in [4.78, 5) is 31.9. The molecule has 31 heavy (non-hydrogen) atoms. The van der Waals surface area contributed by atoms with Crippen molar-refractivity contribution in [3.05, 3.63) is 65.1 Å². The van der Waals surface area contributed by atoms with Gasteiger partial charge < -0.3 is 14.8 Å². The molecule has 2 N–H and O–H groups in total. The molecule has 1 fully saturated rings. The average Bonchev–Trinajstić information content (AvgIpc) is 3.06. The van der Waals surface area contributed by atoms with Gasteiger partial charge in [0.15, 0.2) is 0 Å². The molecule has 3 aromatic rings. The fourth-order valence-electron chi connectivity index (χ4n) is 4.20. The highest BCUT2D eigenvalue weighted by Crippen LogP contribution is 2.33. The van der Waals surface area contributed by atoms with E-state index in [1.165, 1.54) is 5.56 Å². The van der Waals surface area contributed by atoms with E-state index in [1.54, 1.807) is 41.4 Å². The van der Waals surface area contributed by atoms with Gasteiger partial charge in [0.1, 0.15) is 12.6 Å². The Morgan fingerprint density at radius 2 is 1.77 bits per heavy atom. The van der Waals surface area contributed by atoms with Gasteiger partial charge in [-0.15, -0.1) is 0 Å². The van der Waals surface area contributed by atoms with Crippen molar-refractivity contribution in [3.8, 4) is 0 Å². The van der Waals surface area contributed by atoms with Crippen molar-refractivity contribution in [2.75, 3.05) is 26.2 Å². The number of hydrogen-bond acceptors (Lipinski definition) is 5. The van der Waals surface area contributed by atoms with Crippen molar-refractivity contribution in [3.63, 3.8) is 0 Å². The Morgan fingerprint density at radius 1 is 1.06 bits per heavy atom. The van der Waals surface area contributed by atoms with Crippen molar-refractivity contribution in [2.24, 2.45) is 0 Å². The second kappa shape index (κ2) is 9.05. The van der Waals surface area contributed by atoms with E-state index in [2.05, 4.69) is 9.88 Å². The maximum Gasteiger partial charge on any atom is 0.325 e. The highest BCUT2D eigenvalue weighted by Gasteiger charge is 2.33. The van der Waals surface area contributed by atoms with Crippen LogP contribution in [0.2, 0.25) is 5.02 Å². The Balaban J connectivity index is 1.58. The molecule has 0 amide bonds. The third-order valence-electron chi connectivity index (χ3n) is 5.64. The highest BCUT2D eigenvalue weighted by molar-refractivity contribution is 6.31. The summed E-state index contributed by atoms with van der Waals surface area (Å²) >= 11 is 6.11. The van der Waals surface area contributed by atoms with Crippen molar-refractivity contribution < 1.29 is 19.8 Å². The molecule has 1 aromatic carbocycles. The number of fused-ring (bicyclic) bond motifs is 1. The fraction of sp³-hybridized carbons (Fsp3) is 0.318. The zero-order chi connectivity index (χ0) is 22.0. The van der Waals surface area contributed by atoms with Crippen molar-refractivity contribution in [1.29, 1.82) is 0 Å². The second-order valence-corrected chi connectivity index (χ2v) is 8.11. The number of benzene rings is 1. The van der Waals surface area contributed by atoms with Gasteiger partial charge in [-0.25, -0.2) is 0 Å². The van der Waals surface area contributed by atoms with Crippen molar-refractivity contribution in [2.45, 2.75) is 19.1 Å². The van der Waals surface area contributed by atoms with Gasteiger partial charge in [-0.2, -0.15) is 0 Å². The van der Waals surface area contributed by atoms with Gasteiger partial charge in [0, 0.05) is 67.3 Å². The minimum Gasteiger partial charge on any atom is -0.480 e. The molecule has 9 heteroatoms. The molecule has 0 radical (unpaired) electrons. The number of nitrogens with zero attached hydrogens (tertiary/aromatic N) is 4. The molecule has 8 nitrogen and oxygen atoms in total. The van der Waals surface area contributed by atoms with Crippen molar-refractivity contribution >= 4 is 34.4 Å². The number of aromatic nitrogens is 2. The highest BCUT2D eigenvalue weighted by atomic mass is 35.5. The van der Waals surface area contributed by atoms with E-state index in [-0.39, 0.29) is 6.54 Å². The molecule has 0 saturated carbocycles. The first-order valence-corrected chi connectivity index (χ1v) is 10.4. The first-order valence-electron chi connectivity index (χ1n) is 10.0. The van der Waals surface area contributed by atoms with E-state index in [4.69, 9.17) is 11.6 Å². The van der Waals surface area contributed by atoms with Crippen LogP contribution in [0, 0.1) is 0 Å². The zero-order valence-electron chi connectivity index (χ0n) is 16.8. The van der Waals surface area contributed by atoms with E-state index >= 15 is 0 Å². The molecular weight excluding hydrogens is 420 g/mol. The Kier molecular flexibility index (Phi) is 6.22. The minimum absolute atomic E-state index is 0.261. The maximum absolute atomic E-state index is 12.3. The van der Waals surface area contributed by atoms with Crippen LogP contribution in [0.5, 0.6) is 0 Å². The molecule has 0 spiro atoms. The Labute approximate surface area is 184 Å². The zero-order valence-corrected chi connectivity index (χ0v) is 17.6. The lowest BCUT2D eigenvalue weighted by Gasteiger charge is -2.37. The summed E-state index contributed by atoms with van der Waals surface area (Å²) in [5, 5.41) is 20.5. The third-order valence-corrected chi connectivity index (χ3v) is 5.87. The Hall–Kier alpha value is -2.94. The van der Waals surface area contributed by atoms with E-state index in [0.717, 1.165) is 19.6 Å². The second-order valence-electron chi connectivity index (χ2n) is 7.68. The number of carboxylic acids is 2. The monoisotopic (exact) mass is 442 g/mol. The lowest BCUT2D eigenvalue weighted by Crippen LogP contribution is -2.48. The van der Waals surface area contributed by atoms with Gasteiger partial charge in [0.2, 0.25) is 0 Å². The predicted octanol–water partition coefficient (Wildman–Crippen LogP) is 2.72. The molecule has 1 saturated heterocycles.